The highest BCUT2D eigenvalue weighted by molar-refractivity contribution is 4.78. The van der Waals surface area contributed by atoms with Gasteiger partial charge >= 0.3 is 0 Å². The molecule has 0 spiro atoms. The zero-order valence-corrected chi connectivity index (χ0v) is 8.12. The Balaban J connectivity index is 1.90. The monoisotopic (exact) mass is 183 g/mol. The van der Waals surface area contributed by atoms with Crippen LogP contribution in [0.3, 0.4) is 0 Å². The quantitative estimate of drug-likeness (QED) is 0.649. The smallest absolute Gasteiger partial charge is 0.213 e. The van der Waals surface area contributed by atoms with Gasteiger partial charge in [-0.15, -0.1) is 0 Å². The van der Waals surface area contributed by atoms with Crippen LogP contribution in [0.2, 0.25) is 0 Å². The SMILES string of the molecule is CCCCCNCCc1ncon1. The zero-order chi connectivity index (χ0) is 9.36. The molecule has 0 radical (unpaired) electrons. The Hall–Kier alpha value is -0.900. The van der Waals surface area contributed by atoms with Crippen molar-refractivity contribution in [1.29, 1.82) is 0 Å². The highest BCUT2D eigenvalue weighted by Gasteiger charge is 1.96. The fourth-order valence-electron chi connectivity index (χ4n) is 1.13. The number of nitrogens with one attached hydrogen (secondary N) is 1. The fourth-order valence-corrected chi connectivity index (χ4v) is 1.13. The first-order valence-electron chi connectivity index (χ1n) is 4.89. The van der Waals surface area contributed by atoms with E-state index in [2.05, 4.69) is 26.9 Å². The lowest BCUT2D eigenvalue weighted by molar-refractivity contribution is 0.409. The minimum absolute atomic E-state index is 0.781. The van der Waals surface area contributed by atoms with E-state index < -0.39 is 0 Å². The molecule has 1 N–H and O–H groups in total. The normalized spacial score (nSPS) is 10.5. The molecule has 0 saturated carbocycles. The van der Waals surface area contributed by atoms with Crippen LogP contribution in [0, 0.1) is 0 Å². The third-order valence-corrected chi connectivity index (χ3v) is 1.89. The molecule has 74 valence electrons. The van der Waals surface area contributed by atoms with Gasteiger partial charge in [0.25, 0.3) is 0 Å². The molecule has 4 heteroatoms. The number of nitrogens with zero attached hydrogens (tertiary/aromatic N) is 2. The highest BCUT2D eigenvalue weighted by Crippen LogP contribution is 1.92. The van der Waals surface area contributed by atoms with Crippen molar-refractivity contribution in [2.24, 2.45) is 0 Å². The molecule has 1 heterocycles. The van der Waals surface area contributed by atoms with Gasteiger partial charge in [-0.3, -0.25) is 0 Å². The lowest BCUT2D eigenvalue weighted by Crippen LogP contribution is -2.18. The largest absolute Gasteiger partial charge is 0.343 e. The predicted molar refractivity (Wildman–Crippen MR) is 50.4 cm³/mol. The first kappa shape index (κ1) is 10.2. The molecular formula is C9H17N3O. The molecule has 0 fully saturated rings. The lowest BCUT2D eigenvalue weighted by atomic mass is 10.2. The summed E-state index contributed by atoms with van der Waals surface area (Å²) in [4.78, 5) is 3.93. The summed E-state index contributed by atoms with van der Waals surface area (Å²) in [5.74, 6) is 0.781. The molecule has 0 aliphatic carbocycles. The second-order valence-corrected chi connectivity index (χ2v) is 3.05. The standard InChI is InChI=1S/C9H17N3O/c1-2-3-4-6-10-7-5-9-11-8-13-12-9/h8,10H,2-7H2,1H3. The molecule has 1 aromatic heterocycles. The average Bonchev–Trinajstić information content (AvgIpc) is 2.63. The van der Waals surface area contributed by atoms with Gasteiger partial charge in [0.2, 0.25) is 6.39 Å². The van der Waals surface area contributed by atoms with Gasteiger partial charge in [0.05, 0.1) is 0 Å². The average molecular weight is 183 g/mol. The van der Waals surface area contributed by atoms with Crippen LogP contribution >= 0.6 is 0 Å². The van der Waals surface area contributed by atoms with Crippen molar-refractivity contribution in [1.82, 2.24) is 15.5 Å². The topological polar surface area (TPSA) is 51.0 Å². The minimum atomic E-state index is 0.781. The van der Waals surface area contributed by atoms with Crippen molar-refractivity contribution < 1.29 is 4.52 Å². The van der Waals surface area contributed by atoms with Crippen molar-refractivity contribution in [2.45, 2.75) is 32.6 Å². The fraction of sp³-hybridized carbons (Fsp3) is 0.778. The van der Waals surface area contributed by atoms with Crippen molar-refractivity contribution in [2.75, 3.05) is 13.1 Å². The van der Waals surface area contributed by atoms with E-state index in [0.717, 1.165) is 25.3 Å². The number of rotatable bonds is 7. The van der Waals surface area contributed by atoms with Gasteiger partial charge in [-0.2, -0.15) is 4.98 Å². The van der Waals surface area contributed by atoms with E-state index in [9.17, 15) is 0 Å². The van der Waals surface area contributed by atoms with Crippen LogP contribution in [0.4, 0.5) is 0 Å². The van der Waals surface area contributed by atoms with Crippen LogP contribution in [-0.4, -0.2) is 23.2 Å². The number of hydrogen-bond donors (Lipinski definition) is 1. The van der Waals surface area contributed by atoms with Gasteiger partial charge in [-0.1, -0.05) is 24.9 Å². The van der Waals surface area contributed by atoms with Crippen LogP contribution in [0.25, 0.3) is 0 Å². The summed E-state index contributed by atoms with van der Waals surface area (Å²) in [6.45, 7) is 4.23. The third kappa shape index (κ3) is 4.62. The molecule has 0 aromatic carbocycles. The first-order chi connectivity index (χ1) is 6.43. The molecule has 13 heavy (non-hydrogen) atoms. The van der Waals surface area contributed by atoms with E-state index in [0.29, 0.717) is 0 Å². The van der Waals surface area contributed by atoms with Crippen LogP contribution in [0.5, 0.6) is 0 Å². The molecule has 1 rings (SSSR count). The Morgan fingerprint density at radius 2 is 2.31 bits per heavy atom. The van der Waals surface area contributed by atoms with Crippen LogP contribution in [0.15, 0.2) is 10.9 Å². The van der Waals surface area contributed by atoms with E-state index in [-0.39, 0.29) is 0 Å². The number of aromatic nitrogens is 2. The maximum absolute atomic E-state index is 4.62. The van der Waals surface area contributed by atoms with E-state index >= 15 is 0 Å². The molecule has 0 atom stereocenters. The van der Waals surface area contributed by atoms with Gasteiger partial charge in [-0.25, -0.2) is 0 Å². The predicted octanol–water partition coefficient (Wildman–Crippen LogP) is 1.39. The molecule has 0 aliphatic rings. The maximum atomic E-state index is 4.62. The summed E-state index contributed by atoms with van der Waals surface area (Å²) >= 11 is 0. The first-order valence-corrected chi connectivity index (χ1v) is 4.89. The van der Waals surface area contributed by atoms with E-state index in [1.807, 2.05) is 0 Å². The second kappa shape index (κ2) is 6.60. The summed E-state index contributed by atoms with van der Waals surface area (Å²) in [5, 5.41) is 7.06. The van der Waals surface area contributed by atoms with Crippen LogP contribution < -0.4 is 5.32 Å². The Labute approximate surface area is 78.7 Å². The highest BCUT2D eigenvalue weighted by atomic mass is 16.5. The molecule has 0 bridgehead atoms. The van der Waals surface area contributed by atoms with Crippen molar-refractivity contribution in [3.63, 3.8) is 0 Å². The molecule has 0 saturated heterocycles. The van der Waals surface area contributed by atoms with E-state index in [1.165, 1.54) is 25.7 Å². The van der Waals surface area contributed by atoms with Crippen LogP contribution in [0.1, 0.15) is 32.0 Å². The van der Waals surface area contributed by atoms with Crippen molar-refractivity contribution >= 4 is 0 Å². The molecular weight excluding hydrogens is 166 g/mol. The van der Waals surface area contributed by atoms with Gasteiger partial charge in [0, 0.05) is 13.0 Å². The molecule has 0 unspecified atom stereocenters. The van der Waals surface area contributed by atoms with Crippen molar-refractivity contribution in [3.8, 4) is 0 Å². The number of hydrogen-bond acceptors (Lipinski definition) is 4. The Kier molecular flexibility index (Phi) is 5.17. The number of unbranched alkanes of at least 4 members (excludes halogenated alkanes) is 2. The molecule has 1 aromatic rings. The molecule has 0 aliphatic heterocycles. The van der Waals surface area contributed by atoms with Gasteiger partial charge in [-0.05, 0) is 13.0 Å². The van der Waals surface area contributed by atoms with Crippen LogP contribution in [-0.2, 0) is 6.42 Å². The molecule has 0 amide bonds. The Bertz CT molecular complexity index is 199. The summed E-state index contributed by atoms with van der Waals surface area (Å²) in [6.07, 6.45) is 6.04. The molecule has 4 nitrogen and oxygen atoms in total. The van der Waals surface area contributed by atoms with Gasteiger partial charge in [0.15, 0.2) is 5.82 Å². The lowest BCUT2D eigenvalue weighted by Gasteiger charge is -2.00. The summed E-state index contributed by atoms with van der Waals surface area (Å²) in [5.41, 5.74) is 0. The Morgan fingerprint density at radius 3 is 3.00 bits per heavy atom. The van der Waals surface area contributed by atoms with Gasteiger partial charge < -0.3 is 9.84 Å². The summed E-state index contributed by atoms with van der Waals surface area (Å²) < 4.78 is 4.62. The Morgan fingerprint density at radius 1 is 1.38 bits per heavy atom. The summed E-state index contributed by atoms with van der Waals surface area (Å²) in [7, 11) is 0. The zero-order valence-electron chi connectivity index (χ0n) is 8.12. The second-order valence-electron chi connectivity index (χ2n) is 3.05. The maximum Gasteiger partial charge on any atom is 0.213 e. The van der Waals surface area contributed by atoms with E-state index in [1.54, 1.807) is 0 Å². The van der Waals surface area contributed by atoms with Gasteiger partial charge in [0.1, 0.15) is 0 Å². The van der Waals surface area contributed by atoms with Crippen molar-refractivity contribution in [3.05, 3.63) is 12.2 Å². The third-order valence-electron chi connectivity index (χ3n) is 1.89. The summed E-state index contributed by atoms with van der Waals surface area (Å²) in [6, 6.07) is 0. The van der Waals surface area contributed by atoms with E-state index in [4.69, 9.17) is 0 Å². The minimum Gasteiger partial charge on any atom is -0.343 e.